The highest BCUT2D eigenvalue weighted by Gasteiger charge is 2.22. The van der Waals surface area contributed by atoms with Gasteiger partial charge in [0.25, 0.3) is 5.89 Å². The van der Waals surface area contributed by atoms with Crippen molar-refractivity contribution in [3.05, 3.63) is 53.6 Å². The standard InChI is InChI=1S/C27H30N4O4/c1-18(2)34-24-9-8-22(15-23(24)16-28)27-29-26(30-35-27)21-6-4-20(5-7-21)17-31-12-10-19(11-13-31)14-25(32)33-3/h4-9,15,18-19H,10-14,17H2,1-3H3. The van der Waals surface area contributed by atoms with Gasteiger partial charge in [0.1, 0.15) is 11.8 Å². The Labute approximate surface area is 205 Å². The molecule has 0 bridgehead atoms. The van der Waals surface area contributed by atoms with E-state index in [1.165, 1.54) is 12.7 Å². The van der Waals surface area contributed by atoms with E-state index in [1.807, 2.05) is 32.0 Å². The average molecular weight is 475 g/mol. The van der Waals surface area contributed by atoms with Crippen LogP contribution in [-0.2, 0) is 16.1 Å². The summed E-state index contributed by atoms with van der Waals surface area (Å²) < 4.78 is 15.9. The SMILES string of the molecule is COC(=O)CC1CCN(Cc2ccc(-c3noc(-c4ccc(OC(C)C)c(C#N)c4)n3)cc2)CC1. The molecule has 1 aliphatic rings. The number of ether oxygens (including phenoxy) is 2. The molecule has 3 aromatic rings. The van der Waals surface area contributed by atoms with Gasteiger partial charge in [-0.3, -0.25) is 9.69 Å². The molecule has 0 unspecified atom stereocenters. The van der Waals surface area contributed by atoms with Gasteiger partial charge in [0.15, 0.2) is 0 Å². The molecule has 4 rings (SSSR count). The molecule has 1 fully saturated rings. The number of hydrogen-bond acceptors (Lipinski definition) is 8. The lowest BCUT2D eigenvalue weighted by Gasteiger charge is -2.31. The number of methoxy groups -OCH3 is 1. The Hall–Kier alpha value is -3.70. The molecule has 0 amide bonds. The minimum atomic E-state index is -0.119. The molecule has 1 aliphatic heterocycles. The smallest absolute Gasteiger partial charge is 0.305 e. The second-order valence-corrected chi connectivity index (χ2v) is 9.11. The first-order chi connectivity index (χ1) is 16.9. The maximum atomic E-state index is 11.5. The first-order valence-corrected chi connectivity index (χ1v) is 11.9. The van der Waals surface area contributed by atoms with Gasteiger partial charge in [-0.25, -0.2) is 0 Å². The Morgan fingerprint density at radius 1 is 1.17 bits per heavy atom. The topological polar surface area (TPSA) is 101 Å². The molecule has 182 valence electrons. The van der Waals surface area contributed by atoms with Crippen molar-refractivity contribution in [2.75, 3.05) is 20.2 Å². The largest absolute Gasteiger partial charge is 0.490 e. The monoisotopic (exact) mass is 474 g/mol. The summed E-state index contributed by atoms with van der Waals surface area (Å²) in [5.41, 5.74) is 3.17. The number of carbonyl (C=O) groups excluding carboxylic acids is 1. The van der Waals surface area contributed by atoms with E-state index < -0.39 is 0 Å². The van der Waals surface area contributed by atoms with Crippen molar-refractivity contribution in [2.24, 2.45) is 5.92 Å². The van der Waals surface area contributed by atoms with Gasteiger partial charge in [0.05, 0.1) is 18.8 Å². The van der Waals surface area contributed by atoms with E-state index in [0.717, 1.165) is 38.0 Å². The van der Waals surface area contributed by atoms with Crippen LogP contribution in [0, 0.1) is 17.2 Å². The van der Waals surface area contributed by atoms with Crippen molar-refractivity contribution >= 4 is 5.97 Å². The van der Waals surface area contributed by atoms with Gasteiger partial charge in [-0.05, 0) is 69.5 Å². The fourth-order valence-corrected chi connectivity index (χ4v) is 4.25. The Morgan fingerprint density at radius 2 is 1.89 bits per heavy atom. The van der Waals surface area contributed by atoms with E-state index >= 15 is 0 Å². The van der Waals surface area contributed by atoms with E-state index in [2.05, 4.69) is 33.2 Å². The zero-order chi connectivity index (χ0) is 24.8. The molecule has 0 N–H and O–H groups in total. The molecular formula is C27H30N4O4. The number of piperidine rings is 1. The van der Waals surface area contributed by atoms with Gasteiger partial charge < -0.3 is 14.0 Å². The lowest BCUT2D eigenvalue weighted by Crippen LogP contribution is -2.34. The summed E-state index contributed by atoms with van der Waals surface area (Å²) in [7, 11) is 1.45. The van der Waals surface area contributed by atoms with Crippen molar-refractivity contribution in [3.63, 3.8) is 0 Å². The van der Waals surface area contributed by atoms with Crippen LogP contribution in [-0.4, -0.2) is 47.3 Å². The fourth-order valence-electron chi connectivity index (χ4n) is 4.25. The molecule has 2 aromatic carbocycles. The number of nitriles is 1. The Bertz CT molecular complexity index is 1190. The molecule has 1 aromatic heterocycles. The molecule has 0 aliphatic carbocycles. The summed E-state index contributed by atoms with van der Waals surface area (Å²) >= 11 is 0. The number of likely N-dealkylation sites (tertiary alicyclic amines) is 1. The highest BCUT2D eigenvalue weighted by molar-refractivity contribution is 5.69. The summed E-state index contributed by atoms with van der Waals surface area (Å²) in [4.78, 5) is 18.4. The van der Waals surface area contributed by atoms with Crippen LogP contribution in [0.2, 0.25) is 0 Å². The van der Waals surface area contributed by atoms with Crippen LogP contribution < -0.4 is 4.74 Å². The van der Waals surface area contributed by atoms with Gasteiger partial charge in [-0.2, -0.15) is 10.2 Å². The van der Waals surface area contributed by atoms with Crippen molar-refractivity contribution in [1.82, 2.24) is 15.0 Å². The molecule has 0 atom stereocenters. The van der Waals surface area contributed by atoms with Crippen LogP contribution in [0.1, 0.15) is 44.2 Å². The van der Waals surface area contributed by atoms with Gasteiger partial charge >= 0.3 is 5.97 Å². The van der Waals surface area contributed by atoms with Gasteiger partial charge in [-0.15, -0.1) is 0 Å². The maximum Gasteiger partial charge on any atom is 0.305 e. The van der Waals surface area contributed by atoms with Gasteiger partial charge in [0, 0.05) is 24.1 Å². The number of rotatable bonds is 8. The van der Waals surface area contributed by atoms with Crippen LogP contribution in [0.25, 0.3) is 22.8 Å². The minimum Gasteiger partial charge on any atom is -0.490 e. The number of benzene rings is 2. The number of carbonyl (C=O) groups is 1. The van der Waals surface area contributed by atoms with E-state index in [1.54, 1.807) is 12.1 Å². The van der Waals surface area contributed by atoms with Crippen molar-refractivity contribution in [1.29, 1.82) is 5.26 Å². The summed E-state index contributed by atoms with van der Waals surface area (Å²) in [5.74, 6) is 1.68. The van der Waals surface area contributed by atoms with Crippen LogP contribution >= 0.6 is 0 Å². The quantitative estimate of drug-likeness (QED) is 0.428. The van der Waals surface area contributed by atoms with E-state index in [4.69, 9.17) is 14.0 Å². The molecule has 8 nitrogen and oxygen atoms in total. The summed E-state index contributed by atoms with van der Waals surface area (Å²) in [6, 6.07) is 15.6. The van der Waals surface area contributed by atoms with Crippen molar-refractivity contribution in [3.8, 4) is 34.7 Å². The number of hydrogen-bond donors (Lipinski definition) is 0. The Morgan fingerprint density at radius 3 is 2.54 bits per heavy atom. The second-order valence-electron chi connectivity index (χ2n) is 9.11. The molecule has 0 saturated carbocycles. The zero-order valence-electron chi connectivity index (χ0n) is 20.4. The first kappa shape index (κ1) is 24.4. The molecular weight excluding hydrogens is 444 g/mol. The summed E-state index contributed by atoms with van der Waals surface area (Å²) in [5, 5.41) is 13.6. The first-order valence-electron chi connectivity index (χ1n) is 11.9. The molecule has 8 heteroatoms. The van der Waals surface area contributed by atoms with Crippen molar-refractivity contribution in [2.45, 2.75) is 45.8 Å². The van der Waals surface area contributed by atoms with Gasteiger partial charge in [0.2, 0.25) is 5.82 Å². The van der Waals surface area contributed by atoms with E-state index in [0.29, 0.717) is 40.9 Å². The molecule has 2 heterocycles. The number of esters is 1. The zero-order valence-corrected chi connectivity index (χ0v) is 20.4. The van der Waals surface area contributed by atoms with E-state index in [-0.39, 0.29) is 12.1 Å². The Balaban J connectivity index is 1.37. The molecule has 35 heavy (non-hydrogen) atoms. The summed E-state index contributed by atoms with van der Waals surface area (Å²) in [6.45, 7) is 6.65. The van der Waals surface area contributed by atoms with Crippen LogP contribution in [0.3, 0.4) is 0 Å². The highest BCUT2D eigenvalue weighted by Crippen LogP contribution is 2.28. The third kappa shape index (κ3) is 6.25. The predicted octanol–water partition coefficient (Wildman–Crippen LogP) is 4.84. The van der Waals surface area contributed by atoms with Gasteiger partial charge in [-0.1, -0.05) is 29.4 Å². The van der Waals surface area contributed by atoms with Crippen LogP contribution in [0.5, 0.6) is 5.75 Å². The maximum absolute atomic E-state index is 11.5. The molecule has 0 spiro atoms. The molecule has 0 radical (unpaired) electrons. The average Bonchev–Trinajstić information content (AvgIpc) is 3.36. The normalized spacial score (nSPS) is 14.6. The molecule has 1 saturated heterocycles. The number of aromatic nitrogens is 2. The minimum absolute atomic E-state index is 0.0238. The van der Waals surface area contributed by atoms with Crippen molar-refractivity contribution < 1.29 is 18.8 Å². The van der Waals surface area contributed by atoms with E-state index in [9.17, 15) is 10.1 Å². The fraction of sp³-hybridized carbons (Fsp3) is 0.407. The summed E-state index contributed by atoms with van der Waals surface area (Å²) in [6.07, 6.45) is 2.51. The lowest BCUT2D eigenvalue weighted by atomic mass is 9.93. The Kier molecular flexibility index (Phi) is 7.78. The van der Waals surface area contributed by atoms with Crippen LogP contribution in [0.4, 0.5) is 0 Å². The lowest BCUT2D eigenvalue weighted by molar-refractivity contribution is -0.142. The third-order valence-electron chi connectivity index (χ3n) is 6.14. The second kappa shape index (κ2) is 11.2. The number of nitrogens with zero attached hydrogens (tertiary/aromatic N) is 4. The highest BCUT2D eigenvalue weighted by atomic mass is 16.5. The van der Waals surface area contributed by atoms with Crippen LogP contribution in [0.15, 0.2) is 47.0 Å². The predicted molar refractivity (Wildman–Crippen MR) is 130 cm³/mol. The third-order valence-corrected chi connectivity index (χ3v) is 6.14.